The van der Waals surface area contributed by atoms with Crippen LogP contribution in [0.5, 0.6) is 5.75 Å². The summed E-state index contributed by atoms with van der Waals surface area (Å²) in [6.07, 6.45) is 3.47. The van der Waals surface area contributed by atoms with Gasteiger partial charge in [0.2, 0.25) is 0 Å². The molecule has 3 nitrogen and oxygen atoms in total. The SMILES string of the molecule is Nc1cc(-c2cccnc2)ccc1O. The van der Waals surface area contributed by atoms with Crippen LogP contribution in [0.4, 0.5) is 5.69 Å². The highest BCUT2D eigenvalue weighted by Gasteiger charge is 2.00. The zero-order valence-electron chi connectivity index (χ0n) is 7.51. The second kappa shape index (κ2) is 3.38. The lowest BCUT2D eigenvalue weighted by molar-refractivity contribution is 0.478. The summed E-state index contributed by atoms with van der Waals surface area (Å²) < 4.78 is 0. The van der Waals surface area contributed by atoms with Gasteiger partial charge in [0.1, 0.15) is 5.75 Å². The topological polar surface area (TPSA) is 59.1 Å². The molecule has 0 atom stereocenters. The number of anilines is 1. The summed E-state index contributed by atoms with van der Waals surface area (Å²) >= 11 is 0. The van der Waals surface area contributed by atoms with Crippen LogP contribution in [0, 0.1) is 0 Å². The summed E-state index contributed by atoms with van der Waals surface area (Å²) in [5.41, 5.74) is 7.91. The number of rotatable bonds is 1. The van der Waals surface area contributed by atoms with Crippen molar-refractivity contribution in [3.05, 3.63) is 42.7 Å². The highest BCUT2D eigenvalue weighted by molar-refractivity contribution is 5.69. The van der Waals surface area contributed by atoms with Gasteiger partial charge in [-0.3, -0.25) is 4.98 Å². The molecular weight excluding hydrogens is 176 g/mol. The summed E-state index contributed by atoms with van der Waals surface area (Å²) in [6.45, 7) is 0. The molecule has 0 aliphatic rings. The first kappa shape index (κ1) is 8.56. The van der Waals surface area contributed by atoms with Gasteiger partial charge in [0.05, 0.1) is 5.69 Å². The molecule has 2 rings (SSSR count). The molecule has 0 aliphatic heterocycles. The van der Waals surface area contributed by atoms with Gasteiger partial charge in [-0.2, -0.15) is 0 Å². The molecule has 0 radical (unpaired) electrons. The van der Waals surface area contributed by atoms with Crippen molar-refractivity contribution in [2.24, 2.45) is 0 Å². The Morgan fingerprint density at radius 2 is 2.00 bits per heavy atom. The van der Waals surface area contributed by atoms with Gasteiger partial charge < -0.3 is 10.8 Å². The Kier molecular flexibility index (Phi) is 2.07. The predicted octanol–water partition coefficient (Wildman–Crippen LogP) is 2.04. The number of hydrogen-bond acceptors (Lipinski definition) is 3. The van der Waals surface area contributed by atoms with E-state index in [1.807, 2.05) is 18.2 Å². The van der Waals surface area contributed by atoms with E-state index in [2.05, 4.69) is 4.98 Å². The van der Waals surface area contributed by atoms with Gasteiger partial charge in [0, 0.05) is 18.0 Å². The normalized spacial score (nSPS) is 10.0. The van der Waals surface area contributed by atoms with Crippen LogP contribution in [0.3, 0.4) is 0 Å². The van der Waals surface area contributed by atoms with Crippen molar-refractivity contribution in [1.82, 2.24) is 4.98 Å². The van der Waals surface area contributed by atoms with Crippen LogP contribution >= 0.6 is 0 Å². The van der Waals surface area contributed by atoms with Gasteiger partial charge >= 0.3 is 0 Å². The highest BCUT2D eigenvalue weighted by Crippen LogP contribution is 2.26. The van der Waals surface area contributed by atoms with Crippen molar-refractivity contribution in [1.29, 1.82) is 0 Å². The zero-order valence-corrected chi connectivity index (χ0v) is 7.51. The lowest BCUT2D eigenvalue weighted by atomic mass is 10.1. The maximum atomic E-state index is 9.25. The van der Waals surface area contributed by atoms with Crippen molar-refractivity contribution in [3.8, 4) is 16.9 Å². The number of nitrogens with two attached hydrogens (primary N) is 1. The number of nitrogen functional groups attached to an aromatic ring is 1. The fourth-order valence-electron chi connectivity index (χ4n) is 1.27. The maximum absolute atomic E-state index is 9.25. The molecule has 0 fully saturated rings. The lowest BCUT2D eigenvalue weighted by Crippen LogP contribution is -1.86. The molecule has 0 saturated heterocycles. The van der Waals surface area contributed by atoms with Crippen LogP contribution in [0.2, 0.25) is 0 Å². The third-order valence-corrected chi connectivity index (χ3v) is 2.02. The maximum Gasteiger partial charge on any atom is 0.138 e. The summed E-state index contributed by atoms with van der Waals surface area (Å²) in [5, 5.41) is 9.25. The highest BCUT2D eigenvalue weighted by atomic mass is 16.3. The molecule has 0 spiro atoms. The minimum atomic E-state index is 0.109. The van der Waals surface area contributed by atoms with E-state index >= 15 is 0 Å². The standard InChI is InChI=1S/C11H10N2O/c12-10-6-8(3-4-11(10)14)9-2-1-5-13-7-9/h1-7,14H,12H2. The summed E-state index contributed by atoms with van der Waals surface area (Å²) in [7, 11) is 0. The number of phenolic OH excluding ortho intramolecular Hbond substituents is 1. The summed E-state index contributed by atoms with van der Waals surface area (Å²) in [5.74, 6) is 0.109. The summed E-state index contributed by atoms with van der Waals surface area (Å²) in [6, 6.07) is 8.92. The minimum Gasteiger partial charge on any atom is -0.506 e. The fraction of sp³-hybridized carbons (Fsp3) is 0. The average molecular weight is 186 g/mol. The molecule has 14 heavy (non-hydrogen) atoms. The first-order valence-corrected chi connectivity index (χ1v) is 4.26. The monoisotopic (exact) mass is 186 g/mol. The molecule has 1 heterocycles. The molecule has 1 aromatic carbocycles. The van der Waals surface area contributed by atoms with E-state index in [1.165, 1.54) is 0 Å². The van der Waals surface area contributed by atoms with Gasteiger partial charge in [0.15, 0.2) is 0 Å². The van der Waals surface area contributed by atoms with E-state index in [4.69, 9.17) is 5.73 Å². The molecule has 1 aromatic heterocycles. The van der Waals surface area contributed by atoms with Crippen molar-refractivity contribution in [3.63, 3.8) is 0 Å². The smallest absolute Gasteiger partial charge is 0.138 e. The van der Waals surface area contributed by atoms with E-state index < -0.39 is 0 Å². The number of pyridine rings is 1. The molecular formula is C11H10N2O. The molecule has 0 bridgehead atoms. The Morgan fingerprint density at radius 1 is 1.14 bits per heavy atom. The largest absolute Gasteiger partial charge is 0.506 e. The molecule has 70 valence electrons. The second-order valence-corrected chi connectivity index (χ2v) is 3.02. The number of phenols is 1. The van der Waals surface area contributed by atoms with Crippen molar-refractivity contribution in [2.75, 3.05) is 5.73 Å². The quantitative estimate of drug-likeness (QED) is 0.529. The van der Waals surface area contributed by atoms with Gasteiger partial charge in [-0.15, -0.1) is 0 Å². The fourth-order valence-corrected chi connectivity index (χ4v) is 1.27. The third-order valence-electron chi connectivity index (χ3n) is 2.02. The Bertz CT molecular complexity index is 440. The first-order chi connectivity index (χ1) is 6.77. The number of hydrogen-bond donors (Lipinski definition) is 2. The minimum absolute atomic E-state index is 0.109. The van der Waals surface area contributed by atoms with E-state index in [9.17, 15) is 5.11 Å². The van der Waals surface area contributed by atoms with Crippen molar-refractivity contribution >= 4 is 5.69 Å². The van der Waals surface area contributed by atoms with Crippen LogP contribution in [-0.4, -0.2) is 10.1 Å². The molecule has 0 unspecified atom stereocenters. The van der Waals surface area contributed by atoms with Gasteiger partial charge in [-0.1, -0.05) is 12.1 Å². The number of nitrogens with zero attached hydrogens (tertiary/aromatic N) is 1. The number of aromatic nitrogens is 1. The third kappa shape index (κ3) is 1.52. The molecule has 3 heteroatoms. The first-order valence-electron chi connectivity index (χ1n) is 4.26. The molecule has 3 N–H and O–H groups in total. The molecule has 2 aromatic rings. The Morgan fingerprint density at radius 3 is 2.64 bits per heavy atom. The number of benzene rings is 1. The lowest BCUT2D eigenvalue weighted by Gasteiger charge is -2.03. The zero-order chi connectivity index (χ0) is 9.97. The van der Waals surface area contributed by atoms with Gasteiger partial charge in [-0.05, 0) is 23.8 Å². The van der Waals surface area contributed by atoms with E-state index in [0.717, 1.165) is 11.1 Å². The Labute approximate surface area is 81.8 Å². The van der Waals surface area contributed by atoms with Crippen molar-refractivity contribution < 1.29 is 5.11 Å². The van der Waals surface area contributed by atoms with Gasteiger partial charge in [-0.25, -0.2) is 0 Å². The van der Waals surface area contributed by atoms with Crippen molar-refractivity contribution in [2.45, 2.75) is 0 Å². The predicted molar refractivity (Wildman–Crippen MR) is 55.8 cm³/mol. The van der Waals surface area contributed by atoms with Crippen LogP contribution < -0.4 is 5.73 Å². The Balaban J connectivity index is 2.48. The molecule has 0 saturated carbocycles. The average Bonchev–Trinajstić information content (AvgIpc) is 2.23. The molecule has 0 aliphatic carbocycles. The van der Waals surface area contributed by atoms with E-state index in [1.54, 1.807) is 24.5 Å². The van der Waals surface area contributed by atoms with E-state index in [0.29, 0.717) is 5.69 Å². The summed E-state index contributed by atoms with van der Waals surface area (Å²) in [4.78, 5) is 4.01. The van der Waals surface area contributed by atoms with Crippen LogP contribution in [-0.2, 0) is 0 Å². The Hall–Kier alpha value is -2.03. The van der Waals surface area contributed by atoms with Crippen LogP contribution in [0.25, 0.3) is 11.1 Å². The second-order valence-electron chi connectivity index (χ2n) is 3.02. The van der Waals surface area contributed by atoms with Crippen LogP contribution in [0.1, 0.15) is 0 Å². The van der Waals surface area contributed by atoms with Gasteiger partial charge in [0.25, 0.3) is 0 Å². The number of aromatic hydroxyl groups is 1. The van der Waals surface area contributed by atoms with Crippen LogP contribution in [0.15, 0.2) is 42.7 Å². The van der Waals surface area contributed by atoms with E-state index in [-0.39, 0.29) is 5.75 Å². The molecule has 0 amide bonds.